The van der Waals surface area contributed by atoms with E-state index in [1.165, 1.54) is 0 Å². The maximum atomic E-state index is 11.8. The topological polar surface area (TPSA) is 135 Å². The van der Waals surface area contributed by atoms with Gasteiger partial charge in [0.25, 0.3) is 5.56 Å². The lowest BCUT2D eigenvalue weighted by atomic mass is 10.2. The third-order valence-corrected chi connectivity index (χ3v) is 2.88. The first-order chi connectivity index (χ1) is 11.0. The number of nitrogens with one attached hydrogen (secondary N) is 3. The number of anilines is 2. The highest BCUT2D eigenvalue weighted by Gasteiger charge is 2.11. The molecule has 0 fully saturated rings. The summed E-state index contributed by atoms with van der Waals surface area (Å²) in [5.74, 6) is -0.594. The highest BCUT2D eigenvalue weighted by atomic mass is 16.5. The number of hydrazine groups is 1. The molecular weight excluding hydrogens is 300 g/mol. The third-order valence-electron chi connectivity index (χ3n) is 2.88. The highest BCUT2D eigenvalue weighted by Crippen LogP contribution is 2.05. The molecule has 0 saturated heterocycles. The average molecular weight is 318 g/mol. The van der Waals surface area contributed by atoms with Gasteiger partial charge in [0.2, 0.25) is 17.7 Å². The van der Waals surface area contributed by atoms with Crippen LogP contribution >= 0.6 is 0 Å². The Balaban J connectivity index is 1.74. The number of ether oxygens (including phenoxy) is 1. The molecule has 9 nitrogen and oxygen atoms in total. The molecule has 0 spiro atoms. The molecule has 0 bridgehead atoms. The maximum absolute atomic E-state index is 11.8. The molecule has 5 N–H and O–H groups in total. The van der Waals surface area contributed by atoms with Gasteiger partial charge in [-0.1, -0.05) is 30.3 Å². The Hall–Kier alpha value is -2.94. The molecule has 23 heavy (non-hydrogen) atoms. The molecule has 0 radical (unpaired) electrons. The van der Waals surface area contributed by atoms with Crippen LogP contribution in [0.25, 0.3) is 0 Å². The van der Waals surface area contributed by atoms with Crippen molar-refractivity contribution in [3.05, 3.63) is 46.2 Å². The molecule has 1 aromatic carbocycles. The van der Waals surface area contributed by atoms with E-state index < -0.39 is 5.56 Å². The van der Waals surface area contributed by atoms with Crippen molar-refractivity contribution >= 4 is 17.7 Å². The lowest BCUT2D eigenvalue weighted by Gasteiger charge is -2.13. The number of rotatable bonds is 7. The molecule has 2 aromatic rings. The fourth-order valence-corrected chi connectivity index (χ4v) is 1.74. The number of H-pyrrole nitrogens is 1. The zero-order valence-electron chi connectivity index (χ0n) is 12.6. The van der Waals surface area contributed by atoms with Crippen molar-refractivity contribution in [2.45, 2.75) is 26.1 Å². The number of hydrogen-bond acceptors (Lipinski definition) is 7. The van der Waals surface area contributed by atoms with E-state index in [1.807, 2.05) is 30.3 Å². The zero-order valence-corrected chi connectivity index (χ0v) is 12.6. The molecule has 0 aliphatic carbocycles. The number of nitrogens with zero attached hydrogens (tertiary/aromatic N) is 2. The van der Waals surface area contributed by atoms with Crippen LogP contribution in [-0.2, 0) is 16.1 Å². The smallest absolute Gasteiger partial charge is 0.297 e. The van der Waals surface area contributed by atoms with Gasteiger partial charge in [0, 0.05) is 0 Å². The van der Waals surface area contributed by atoms with E-state index in [9.17, 15) is 9.59 Å². The van der Waals surface area contributed by atoms with Crippen LogP contribution in [0.2, 0.25) is 0 Å². The fraction of sp³-hybridized carbons (Fsp3) is 0.286. The summed E-state index contributed by atoms with van der Waals surface area (Å²) in [6.45, 7) is 2.21. The Labute approximate surface area is 132 Å². The lowest BCUT2D eigenvalue weighted by Crippen LogP contribution is -2.35. The first kappa shape index (κ1) is 16.4. The van der Waals surface area contributed by atoms with Crippen LogP contribution in [-0.4, -0.2) is 27.2 Å². The number of aromatic nitrogens is 3. The van der Waals surface area contributed by atoms with Crippen molar-refractivity contribution in [1.29, 1.82) is 0 Å². The number of amides is 1. The Kier molecular flexibility index (Phi) is 5.64. The van der Waals surface area contributed by atoms with Crippen molar-refractivity contribution in [3.63, 3.8) is 0 Å². The van der Waals surface area contributed by atoms with Crippen LogP contribution in [0.1, 0.15) is 18.9 Å². The van der Waals surface area contributed by atoms with Crippen LogP contribution in [0.15, 0.2) is 35.1 Å². The Morgan fingerprint density at radius 3 is 2.78 bits per heavy atom. The van der Waals surface area contributed by atoms with Gasteiger partial charge < -0.3 is 10.5 Å². The summed E-state index contributed by atoms with van der Waals surface area (Å²) in [6.07, 6.45) is -0.159. The summed E-state index contributed by atoms with van der Waals surface area (Å²) >= 11 is 0. The van der Waals surface area contributed by atoms with Crippen molar-refractivity contribution in [1.82, 2.24) is 20.6 Å². The normalized spacial score (nSPS) is 11.7. The monoisotopic (exact) mass is 318 g/mol. The number of carbonyl (C=O) groups is 1. The minimum atomic E-state index is -0.578. The molecule has 0 aliphatic heterocycles. The first-order valence-corrected chi connectivity index (χ1v) is 6.97. The quantitative estimate of drug-likeness (QED) is 0.535. The number of hydrogen-bond donors (Lipinski definition) is 4. The SMILES string of the molecule is C[C@H](CC(=O)NNc1nnc(N)[nH]c1=O)OCc1ccccc1. The predicted molar refractivity (Wildman–Crippen MR) is 84.1 cm³/mol. The first-order valence-electron chi connectivity index (χ1n) is 6.97. The summed E-state index contributed by atoms with van der Waals surface area (Å²) in [6, 6.07) is 9.66. The van der Waals surface area contributed by atoms with Gasteiger partial charge in [-0.25, -0.2) is 0 Å². The van der Waals surface area contributed by atoms with Crippen molar-refractivity contribution < 1.29 is 9.53 Å². The van der Waals surface area contributed by atoms with E-state index >= 15 is 0 Å². The van der Waals surface area contributed by atoms with Crippen molar-refractivity contribution in [2.75, 3.05) is 11.2 Å². The summed E-state index contributed by atoms with van der Waals surface area (Å²) in [5, 5.41) is 7.00. The minimum Gasteiger partial charge on any atom is -0.373 e. The summed E-state index contributed by atoms with van der Waals surface area (Å²) in [5.41, 5.74) is 10.5. The molecule has 0 unspecified atom stereocenters. The van der Waals surface area contributed by atoms with Gasteiger partial charge in [-0.2, -0.15) is 0 Å². The third kappa shape index (κ3) is 5.40. The average Bonchev–Trinajstić information content (AvgIpc) is 2.53. The Morgan fingerprint density at radius 2 is 2.09 bits per heavy atom. The van der Waals surface area contributed by atoms with Crippen LogP contribution in [0.3, 0.4) is 0 Å². The largest absolute Gasteiger partial charge is 0.373 e. The summed E-state index contributed by atoms with van der Waals surface area (Å²) < 4.78 is 5.59. The van der Waals surface area contributed by atoms with Crippen LogP contribution in [0.4, 0.5) is 11.8 Å². The molecule has 2 rings (SSSR count). The van der Waals surface area contributed by atoms with E-state index in [2.05, 4.69) is 26.0 Å². The molecule has 9 heteroatoms. The van der Waals surface area contributed by atoms with E-state index in [-0.39, 0.29) is 30.2 Å². The van der Waals surface area contributed by atoms with E-state index in [4.69, 9.17) is 10.5 Å². The molecule has 1 heterocycles. The molecule has 1 amide bonds. The second-order valence-electron chi connectivity index (χ2n) is 4.87. The maximum Gasteiger partial charge on any atom is 0.297 e. The predicted octanol–water partition coefficient (Wildman–Crippen LogP) is 0.186. The van der Waals surface area contributed by atoms with Crippen molar-refractivity contribution in [3.8, 4) is 0 Å². The van der Waals surface area contributed by atoms with Crippen molar-refractivity contribution in [2.24, 2.45) is 0 Å². The number of aromatic amines is 1. The fourth-order valence-electron chi connectivity index (χ4n) is 1.74. The summed E-state index contributed by atoms with van der Waals surface area (Å²) in [7, 11) is 0. The van der Waals surface area contributed by atoms with Crippen LogP contribution < -0.4 is 22.1 Å². The summed E-state index contributed by atoms with van der Waals surface area (Å²) in [4.78, 5) is 25.5. The van der Waals surface area contributed by atoms with Gasteiger partial charge >= 0.3 is 0 Å². The minimum absolute atomic E-state index is 0.102. The van der Waals surface area contributed by atoms with E-state index in [0.717, 1.165) is 5.56 Å². The zero-order chi connectivity index (χ0) is 16.7. The Morgan fingerprint density at radius 1 is 1.35 bits per heavy atom. The molecular formula is C14H18N6O3. The molecule has 1 aromatic heterocycles. The molecule has 0 saturated carbocycles. The van der Waals surface area contributed by atoms with Gasteiger partial charge in [0.05, 0.1) is 19.1 Å². The number of benzene rings is 1. The number of carbonyl (C=O) groups excluding carboxylic acids is 1. The highest BCUT2D eigenvalue weighted by molar-refractivity contribution is 5.77. The van der Waals surface area contributed by atoms with Gasteiger partial charge in [-0.05, 0) is 12.5 Å². The number of nitrogens with two attached hydrogens (primary N) is 1. The molecule has 1 atom stereocenters. The van der Waals surface area contributed by atoms with Crippen LogP contribution in [0.5, 0.6) is 0 Å². The number of nitrogen functional groups attached to an aromatic ring is 1. The lowest BCUT2D eigenvalue weighted by molar-refractivity contribution is -0.123. The van der Waals surface area contributed by atoms with Crippen LogP contribution in [0, 0.1) is 0 Å². The van der Waals surface area contributed by atoms with Gasteiger partial charge in [-0.15, -0.1) is 10.2 Å². The van der Waals surface area contributed by atoms with Gasteiger partial charge in [-0.3, -0.25) is 25.4 Å². The van der Waals surface area contributed by atoms with E-state index in [0.29, 0.717) is 6.61 Å². The van der Waals surface area contributed by atoms with Gasteiger partial charge in [0.1, 0.15) is 0 Å². The second-order valence-corrected chi connectivity index (χ2v) is 4.87. The molecule has 122 valence electrons. The van der Waals surface area contributed by atoms with Gasteiger partial charge in [0.15, 0.2) is 0 Å². The second kappa shape index (κ2) is 7.90. The molecule has 0 aliphatic rings. The Bertz CT molecular complexity index is 703. The van der Waals surface area contributed by atoms with E-state index in [1.54, 1.807) is 6.92 Å². The standard InChI is InChI=1S/C14H18N6O3/c1-9(23-8-10-5-3-2-4-6-10)7-11(21)17-18-12-13(22)16-14(15)20-19-12/h2-6,9H,7-8H2,1H3,(H,17,21)(H,18,19)(H3,15,16,20,22)/t9-/m1/s1.